The molecule has 1 N–H and O–H groups in total. The zero-order chi connectivity index (χ0) is 19.8. The third-order valence-electron chi connectivity index (χ3n) is 4.75. The number of hydrogen-bond donors (Lipinski definition) is 1. The second kappa shape index (κ2) is 6.93. The van der Waals surface area contributed by atoms with Crippen molar-refractivity contribution in [2.24, 2.45) is 0 Å². The normalized spacial score (nSPS) is 11.0. The molecule has 0 aliphatic carbocycles. The van der Waals surface area contributed by atoms with Gasteiger partial charge in [0.05, 0.1) is 5.56 Å². The fourth-order valence-corrected chi connectivity index (χ4v) is 3.33. The summed E-state index contributed by atoms with van der Waals surface area (Å²) in [5, 5.41) is 2.78. The van der Waals surface area contributed by atoms with Crippen molar-refractivity contribution in [1.29, 1.82) is 0 Å². The van der Waals surface area contributed by atoms with Crippen molar-refractivity contribution in [3.63, 3.8) is 0 Å². The molecule has 0 fully saturated rings. The van der Waals surface area contributed by atoms with Gasteiger partial charge in [0.25, 0.3) is 5.91 Å². The molecular weight excluding hydrogens is 355 g/mol. The van der Waals surface area contributed by atoms with Crippen LogP contribution in [0.1, 0.15) is 27.0 Å². The summed E-state index contributed by atoms with van der Waals surface area (Å²) in [6.07, 6.45) is 0. The number of fused-ring (bicyclic) bond motifs is 1. The van der Waals surface area contributed by atoms with E-state index < -0.39 is 11.7 Å². The van der Waals surface area contributed by atoms with Crippen LogP contribution in [0.4, 0.5) is 10.1 Å². The van der Waals surface area contributed by atoms with E-state index in [2.05, 4.69) is 16.4 Å². The number of aryl methyl sites for hydroxylation is 2. The summed E-state index contributed by atoms with van der Waals surface area (Å²) in [5.74, 6) is -0.566. The number of carbonyl (C=O) groups excluding carboxylic acids is 1. The molecule has 0 radical (unpaired) electrons. The van der Waals surface area contributed by atoms with Gasteiger partial charge in [-0.15, -0.1) is 0 Å². The van der Waals surface area contributed by atoms with Crippen LogP contribution in [0.5, 0.6) is 0 Å². The third-order valence-corrected chi connectivity index (χ3v) is 4.75. The Morgan fingerprint density at radius 2 is 1.82 bits per heavy atom. The third kappa shape index (κ3) is 3.16. The fraction of sp³-hybridized carbons (Fsp3) is 0.130. The molecule has 0 atom stereocenters. The van der Waals surface area contributed by atoms with Gasteiger partial charge in [-0.05, 0) is 67.8 Å². The van der Waals surface area contributed by atoms with Crippen molar-refractivity contribution in [3.8, 4) is 11.5 Å². The van der Waals surface area contributed by atoms with E-state index in [-0.39, 0.29) is 5.56 Å². The molecule has 0 saturated heterocycles. The van der Waals surface area contributed by atoms with Gasteiger partial charge in [0.2, 0.25) is 5.89 Å². The standard InChI is InChI=1S/C23H19FN2O2/c1-13-11-14(2)21-20(12-13)26-23(28-21)16-8-6-10-19(15(16)3)25-22(27)17-7-4-5-9-18(17)24/h4-12H,1-3H3,(H,25,27). The van der Waals surface area contributed by atoms with Crippen LogP contribution in [0.15, 0.2) is 59.0 Å². The molecule has 4 rings (SSSR count). The smallest absolute Gasteiger partial charge is 0.258 e. The number of halogens is 1. The molecule has 4 aromatic rings. The number of oxazole rings is 1. The molecule has 0 saturated carbocycles. The van der Waals surface area contributed by atoms with Crippen molar-refractivity contribution >= 4 is 22.7 Å². The van der Waals surface area contributed by atoms with Crippen LogP contribution in [-0.2, 0) is 0 Å². The highest BCUT2D eigenvalue weighted by atomic mass is 19.1. The molecule has 0 unspecified atom stereocenters. The topological polar surface area (TPSA) is 55.1 Å². The fourth-order valence-electron chi connectivity index (χ4n) is 3.33. The number of rotatable bonds is 3. The lowest BCUT2D eigenvalue weighted by molar-refractivity contribution is 0.102. The summed E-state index contributed by atoms with van der Waals surface area (Å²) in [6, 6.07) is 15.4. The predicted octanol–water partition coefficient (Wildman–Crippen LogP) is 5.81. The van der Waals surface area contributed by atoms with Crippen molar-refractivity contribution in [3.05, 3.63) is 82.7 Å². The number of hydrogen-bond acceptors (Lipinski definition) is 3. The van der Waals surface area contributed by atoms with Crippen LogP contribution >= 0.6 is 0 Å². The number of nitrogens with one attached hydrogen (secondary N) is 1. The summed E-state index contributed by atoms with van der Waals surface area (Å²) in [5.41, 5.74) is 5.85. The van der Waals surface area contributed by atoms with Crippen LogP contribution in [-0.4, -0.2) is 10.9 Å². The molecular formula is C23H19FN2O2. The van der Waals surface area contributed by atoms with Crippen LogP contribution < -0.4 is 5.32 Å². The Bertz CT molecular complexity index is 1210. The van der Waals surface area contributed by atoms with Crippen LogP contribution in [0.2, 0.25) is 0 Å². The zero-order valence-electron chi connectivity index (χ0n) is 15.8. The van der Waals surface area contributed by atoms with E-state index in [1.165, 1.54) is 12.1 Å². The van der Waals surface area contributed by atoms with Gasteiger partial charge >= 0.3 is 0 Å². The van der Waals surface area contributed by atoms with E-state index in [9.17, 15) is 9.18 Å². The van der Waals surface area contributed by atoms with Gasteiger partial charge in [0.15, 0.2) is 5.58 Å². The molecule has 4 nitrogen and oxygen atoms in total. The number of anilines is 1. The minimum atomic E-state index is -0.557. The van der Waals surface area contributed by atoms with Gasteiger partial charge < -0.3 is 9.73 Å². The Labute approximate surface area is 162 Å². The second-order valence-electron chi connectivity index (χ2n) is 6.86. The second-order valence-corrected chi connectivity index (χ2v) is 6.86. The summed E-state index contributed by atoms with van der Waals surface area (Å²) in [6.45, 7) is 5.88. The van der Waals surface area contributed by atoms with Gasteiger partial charge in [-0.1, -0.05) is 24.3 Å². The van der Waals surface area contributed by atoms with Crippen molar-refractivity contribution in [2.45, 2.75) is 20.8 Å². The van der Waals surface area contributed by atoms with Crippen molar-refractivity contribution in [1.82, 2.24) is 4.98 Å². The van der Waals surface area contributed by atoms with Gasteiger partial charge in [0.1, 0.15) is 11.3 Å². The molecule has 5 heteroatoms. The number of carbonyl (C=O) groups is 1. The molecule has 0 bridgehead atoms. The SMILES string of the molecule is Cc1cc(C)c2oc(-c3cccc(NC(=O)c4ccccc4F)c3C)nc2c1. The number of benzene rings is 3. The van der Waals surface area contributed by atoms with Crippen molar-refractivity contribution in [2.75, 3.05) is 5.32 Å². The molecule has 28 heavy (non-hydrogen) atoms. The summed E-state index contributed by atoms with van der Waals surface area (Å²) >= 11 is 0. The molecule has 1 amide bonds. The number of aromatic nitrogens is 1. The largest absolute Gasteiger partial charge is 0.436 e. The first kappa shape index (κ1) is 17.9. The maximum atomic E-state index is 13.9. The molecule has 1 aromatic heterocycles. The van der Waals surface area contributed by atoms with E-state index in [1.807, 2.05) is 39.0 Å². The van der Waals surface area contributed by atoms with Crippen molar-refractivity contribution < 1.29 is 13.6 Å². The monoisotopic (exact) mass is 374 g/mol. The minimum Gasteiger partial charge on any atom is -0.436 e. The number of amides is 1. The summed E-state index contributed by atoms with van der Waals surface area (Å²) in [4.78, 5) is 17.1. The molecule has 140 valence electrons. The molecule has 1 heterocycles. The highest BCUT2D eigenvalue weighted by Crippen LogP contribution is 2.32. The molecule has 0 spiro atoms. The lowest BCUT2D eigenvalue weighted by Gasteiger charge is -2.11. The first-order chi connectivity index (χ1) is 13.4. The van der Waals surface area contributed by atoms with Crippen LogP contribution in [0, 0.1) is 26.6 Å². The van der Waals surface area contributed by atoms with E-state index >= 15 is 0 Å². The van der Waals surface area contributed by atoms with E-state index in [0.29, 0.717) is 11.6 Å². The maximum absolute atomic E-state index is 13.9. The van der Waals surface area contributed by atoms with Gasteiger partial charge in [-0.25, -0.2) is 9.37 Å². The summed E-state index contributed by atoms with van der Waals surface area (Å²) in [7, 11) is 0. The highest BCUT2D eigenvalue weighted by Gasteiger charge is 2.17. The quantitative estimate of drug-likeness (QED) is 0.492. The summed E-state index contributed by atoms with van der Waals surface area (Å²) < 4.78 is 19.9. The Kier molecular flexibility index (Phi) is 4.43. The Morgan fingerprint density at radius 3 is 2.61 bits per heavy atom. The van der Waals surface area contributed by atoms with E-state index in [4.69, 9.17) is 4.42 Å². The molecule has 0 aliphatic heterocycles. The van der Waals surface area contributed by atoms with Crippen LogP contribution in [0.25, 0.3) is 22.6 Å². The van der Waals surface area contributed by atoms with E-state index in [1.54, 1.807) is 18.2 Å². The first-order valence-electron chi connectivity index (χ1n) is 8.97. The van der Waals surface area contributed by atoms with Gasteiger partial charge in [0, 0.05) is 11.3 Å². The minimum absolute atomic E-state index is 0.000246. The Morgan fingerprint density at radius 1 is 1.04 bits per heavy atom. The first-order valence-corrected chi connectivity index (χ1v) is 8.97. The van der Waals surface area contributed by atoms with Crippen LogP contribution in [0.3, 0.4) is 0 Å². The maximum Gasteiger partial charge on any atom is 0.258 e. The van der Waals surface area contributed by atoms with Gasteiger partial charge in [-0.2, -0.15) is 0 Å². The Hall–Kier alpha value is -3.47. The average molecular weight is 374 g/mol. The lowest BCUT2D eigenvalue weighted by atomic mass is 10.1. The molecule has 3 aromatic carbocycles. The molecule has 0 aliphatic rings. The van der Waals surface area contributed by atoms with E-state index in [0.717, 1.165) is 33.4 Å². The zero-order valence-corrected chi connectivity index (χ0v) is 15.8. The van der Waals surface area contributed by atoms with Gasteiger partial charge in [-0.3, -0.25) is 4.79 Å². The lowest BCUT2D eigenvalue weighted by Crippen LogP contribution is -2.14. The average Bonchev–Trinajstić information content (AvgIpc) is 3.08. The number of nitrogens with zero attached hydrogens (tertiary/aromatic N) is 1. The predicted molar refractivity (Wildman–Crippen MR) is 108 cm³/mol. The Balaban J connectivity index is 1.72. The highest BCUT2D eigenvalue weighted by molar-refractivity contribution is 6.05.